The summed E-state index contributed by atoms with van der Waals surface area (Å²) < 4.78 is 13.0. The molecule has 4 heteroatoms. The molecule has 0 aliphatic rings. The largest absolute Gasteiger partial charge is 0.377 e. The predicted octanol–water partition coefficient (Wildman–Crippen LogP) is 3.34. The summed E-state index contributed by atoms with van der Waals surface area (Å²) in [4.78, 5) is 5.82. The molecule has 0 spiro atoms. The van der Waals surface area contributed by atoms with Gasteiger partial charge < -0.3 is 10.2 Å². The Kier molecular flexibility index (Phi) is 3.46. The molecule has 0 unspecified atom stereocenters. The number of benzene rings is 1. The van der Waals surface area contributed by atoms with Crippen molar-refractivity contribution in [2.45, 2.75) is 6.92 Å². The number of halogens is 1. The smallest absolute Gasteiger partial charge is 0.214 e. The molecule has 3 nitrogen and oxygen atoms in total. The molecule has 18 heavy (non-hydrogen) atoms. The minimum atomic E-state index is -0.486. The minimum Gasteiger partial charge on any atom is -0.377 e. The van der Waals surface area contributed by atoms with E-state index in [1.165, 1.54) is 11.6 Å². The lowest BCUT2D eigenvalue weighted by Gasteiger charge is -2.17. The molecule has 0 fully saturated rings. The second-order valence-electron chi connectivity index (χ2n) is 4.37. The number of hydrogen-bond acceptors (Lipinski definition) is 3. The summed E-state index contributed by atoms with van der Waals surface area (Å²) in [6.45, 7) is 2.06. The van der Waals surface area contributed by atoms with Crippen LogP contribution < -0.4 is 10.2 Å². The maximum Gasteiger partial charge on any atom is 0.214 e. The molecular formula is C14H16FN3. The fourth-order valence-electron chi connectivity index (χ4n) is 1.79. The highest BCUT2D eigenvalue weighted by atomic mass is 19.1. The van der Waals surface area contributed by atoms with Crippen LogP contribution in [0.2, 0.25) is 0 Å². The number of nitrogens with zero attached hydrogens (tertiary/aromatic N) is 2. The van der Waals surface area contributed by atoms with Crippen LogP contribution in [0.5, 0.6) is 0 Å². The molecule has 0 aliphatic carbocycles. The zero-order chi connectivity index (χ0) is 13.1. The molecule has 1 heterocycles. The van der Waals surface area contributed by atoms with Crippen molar-refractivity contribution in [3.63, 3.8) is 0 Å². The monoisotopic (exact) mass is 245 g/mol. The van der Waals surface area contributed by atoms with Crippen molar-refractivity contribution in [2.24, 2.45) is 0 Å². The van der Waals surface area contributed by atoms with E-state index in [1.54, 1.807) is 12.1 Å². The molecule has 0 bridgehead atoms. The van der Waals surface area contributed by atoms with Crippen molar-refractivity contribution in [3.05, 3.63) is 47.9 Å². The third-order valence-corrected chi connectivity index (χ3v) is 2.68. The highest BCUT2D eigenvalue weighted by molar-refractivity contribution is 5.65. The first-order valence-electron chi connectivity index (χ1n) is 5.74. The molecule has 0 amide bonds. The van der Waals surface area contributed by atoms with Gasteiger partial charge in [-0.05, 0) is 36.8 Å². The van der Waals surface area contributed by atoms with Gasteiger partial charge >= 0.3 is 0 Å². The lowest BCUT2D eigenvalue weighted by atomic mass is 10.1. The number of anilines is 3. The van der Waals surface area contributed by atoms with Crippen LogP contribution in [0.25, 0.3) is 0 Å². The van der Waals surface area contributed by atoms with Gasteiger partial charge in [-0.1, -0.05) is 12.1 Å². The van der Waals surface area contributed by atoms with Gasteiger partial charge in [-0.25, -0.2) is 4.98 Å². The summed E-state index contributed by atoms with van der Waals surface area (Å²) in [6, 6.07) is 10.7. The number of pyridine rings is 1. The van der Waals surface area contributed by atoms with Crippen molar-refractivity contribution in [2.75, 3.05) is 24.3 Å². The average Bonchev–Trinajstić information content (AvgIpc) is 2.31. The molecule has 0 radical (unpaired) electrons. The van der Waals surface area contributed by atoms with Crippen molar-refractivity contribution in [1.82, 2.24) is 4.98 Å². The highest BCUT2D eigenvalue weighted by Crippen LogP contribution is 2.24. The quantitative estimate of drug-likeness (QED) is 0.841. The first-order chi connectivity index (χ1) is 8.56. The Balaban J connectivity index is 2.27. The lowest BCUT2D eigenvalue weighted by Crippen LogP contribution is -2.10. The van der Waals surface area contributed by atoms with Crippen molar-refractivity contribution in [1.29, 1.82) is 0 Å². The van der Waals surface area contributed by atoms with E-state index >= 15 is 0 Å². The second-order valence-corrected chi connectivity index (χ2v) is 4.37. The van der Waals surface area contributed by atoms with E-state index < -0.39 is 5.95 Å². The first kappa shape index (κ1) is 12.4. The Morgan fingerprint density at radius 1 is 1.17 bits per heavy atom. The van der Waals surface area contributed by atoms with Crippen LogP contribution in [0.15, 0.2) is 36.4 Å². The van der Waals surface area contributed by atoms with Gasteiger partial charge in [-0.3, -0.25) is 0 Å². The second kappa shape index (κ2) is 5.04. The Morgan fingerprint density at radius 3 is 2.61 bits per heavy atom. The van der Waals surface area contributed by atoms with Gasteiger partial charge in [0.1, 0.15) is 5.82 Å². The number of rotatable bonds is 3. The molecule has 94 valence electrons. The summed E-state index contributed by atoms with van der Waals surface area (Å²) in [7, 11) is 3.99. The van der Waals surface area contributed by atoms with E-state index in [0.29, 0.717) is 5.82 Å². The number of hydrogen-bond donors (Lipinski definition) is 1. The average molecular weight is 245 g/mol. The van der Waals surface area contributed by atoms with Crippen LogP contribution in [-0.4, -0.2) is 19.1 Å². The molecule has 1 N–H and O–H groups in total. The van der Waals surface area contributed by atoms with Crippen LogP contribution in [0.3, 0.4) is 0 Å². The highest BCUT2D eigenvalue weighted by Gasteiger charge is 2.03. The summed E-state index contributed by atoms with van der Waals surface area (Å²) in [5.41, 5.74) is 3.21. The minimum absolute atomic E-state index is 0.486. The first-order valence-corrected chi connectivity index (χ1v) is 5.74. The number of nitrogens with one attached hydrogen (secondary N) is 1. The number of aryl methyl sites for hydroxylation is 1. The van der Waals surface area contributed by atoms with Crippen LogP contribution >= 0.6 is 0 Å². The zero-order valence-electron chi connectivity index (χ0n) is 10.7. The molecule has 0 aliphatic heterocycles. The van der Waals surface area contributed by atoms with Gasteiger partial charge in [0, 0.05) is 25.5 Å². The van der Waals surface area contributed by atoms with Crippen LogP contribution in [0, 0.1) is 12.9 Å². The number of aromatic nitrogens is 1. The SMILES string of the molecule is Cc1ccc(Nc2cccc(F)n2)cc1N(C)C. The predicted molar refractivity (Wildman–Crippen MR) is 73.0 cm³/mol. The standard InChI is InChI=1S/C14H16FN3/c1-10-7-8-11(9-12(10)18(2)3)16-14-6-4-5-13(15)17-14/h4-9H,1-3H3,(H,16,17). The summed E-state index contributed by atoms with van der Waals surface area (Å²) >= 11 is 0. The van der Waals surface area contributed by atoms with E-state index in [4.69, 9.17) is 0 Å². The topological polar surface area (TPSA) is 28.2 Å². The Hall–Kier alpha value is -2.10. The fraction of sp³-hybridized carbons (Fsp3) is 0.214. The molecular weight excluding hydrogens is 229 g/mol. The van der Waals surface area contributed by atoms with Crippen LogP contribution in [0.4, 0.5) is 21.6 Å². The van der Waals surface area contributed by atoms with E-state index in [1.807, 2.05) is 37.2 Å². The third kappa shape index (κ3) is 2.77. The van der Waals surface area contributed by atoms with Gasteiger partial charge in [0.25, 0.3) is 0 Å². The van der Waals surface area contributed by atoms with Crippen molar-refractivity contribution >= 4 is 17.2 Å². The van der Waals surface area contributed by atoms with Gasteiger partial charge in [-0.2, -0.15) is 4.39 Å². The van der Waals surface area contributed by atoms with Gasteiger partial charge in [-0.15, -0.1) is 0 Å². The van der Waals surface area contributed by atoms with E-state index in [-0.39, 0.29) is 0 Å². The maximum atomic E-state index is 13.0. The summed E-state index contributed by atoms with van der Waals surface area (Å²) in [6.07, 6.45) is 0. The normalized spacial score (nSPS) is 10.2. The molecule has 2 aromatic rings. The molecule has 1 aromatic heterocycles. The van der Waals surface area contributed by atoms with Crippen molar-refractivity contribution in [3.8, 4) is 0 Å². The van der Waals surface area contributed by atoms with Gasteiger partial charge in [0.15, 0.2) is 0 Å². The zero-order valence-corrected chi connectivity index (χ0v) is 10.7. The molecule has 0 saturated carbocycles. The van der Waals surface area contributed by atoms with E-state index in [2.05, 4.69) is 17.2 Å². The van der Waals surface area contributed by atoms with Crippen LogP contribution in [0.1, 0.15) is 5.56 Å². The van der Waals surface area contributed by atoms with E-state index in [9.17, 15) is 4.39 Å². The molecule has 2 rings (SSSR count). The van der Waals surface area contributed by atoms with Gasteiger partial charge in [0.2, 0.25) is 5.95 Å². The van der Waals surface area contributed by atoms with E-state index in [0.717, 1.165) is 11.4 Å². The summed E-state index contributed by atoms with van der Waals surface area (Å²) in [5, 5.41) is 3.09. The Morgan fingerprint density at radius 2 is 1.94 bits per heavy atom. The Bertz CT molecular complexity index is 552. The molecule has 0 saturated heterocycles. The molecule has 1 aromatic carbocycles. The van der Waals surface area contributed by atoms with Gasteiger partial charge in [0.05, 0.1) is 0 Å². The summed E-state index contributed by atoms with van der Waals surface area (Å²) in [5.74, 6) is 0.0171. The fourth-order valence-corrected chi connectivity index (χ4v) is 1.79. The third-order valence-electron chi connectivity index (χ3n) is 2.68. The maximum absolute atomic E-state index is 13.0. The van der Waals surface area contributed by atoms with Crippen LogP contribution in [-0.2, 0) is 0 Å². The molecule has 0 atom stereocenters. The lowest BCUT2D eigenvalue weighted by molar-refractivity contribution is 0.585. The van der Waals surface area contributed by atoms with Crippen molar-refractivity contribution < 1.29 is 4.39 Å². The Labute approximate surface area is 106 Å².